The molecule has 0 aliphatic carbocycles. The predicted molar refractivity (Wildman–Crippen MR) is 60.9 cm³/mol. The average Bonchev–Trinajstić information content (AvgIpc) is 2.56. The molecule has 0 radical (unpaired) electrons. The molecular weight excluding hydrogens is 573 g/mol. The van der Waals surface area contributed by atoms with Gasteiger partial charge in [-0.2, -0.15) is 83.4 Å². The minimum absolute atomic E-state index is 0.0172. The summed E-state index contributed by atoms with van der Waals surface area (Å²) in [6, 6.07) is 0. The Morgan fingerprint density at radius 1 is 0.457 bits per heavy atom. The van der Waals surface area contributed by atoms with Gasteiger partial charge in [0, 0.05) is 0 Å². The van der Waals surface area contributed by atoms with Gasteiger partial charge in [-0.1, -0.05) is 0 Å². The van der Waals surface area contributed by atoms with Crippen molar-refractivity contribution in [1.29, 1.82) is 0 Å². The van der Waals surface area contributed by atoms with E-state index in [4.69, 9.17) is 0 Å². The molecule has 0 unspecified atom stereocenters. The summed E-state index contributed by atoms with van der Waals surface area (Å²) in [5, 5.41) is 0. The third kappa shape index (κ3) is 6.06. The van der Waals surface area contributed by atoms with Crippen LogP contribution >= 0.6 is 0 Å². The zero-order valence-corrected chi connectivity index (χ0v) is 15.2. The smallest absolute Gasteiger partial charge is 0.460 e. The summed E-state index contributed by atoms with van der Waals surface area (Å²) >= 11 is 0. The van der Waals surface area contributed by atoms with E-state index in [1.54, 1.807) is 0 Å². The lowest BCUT2D eigenvalue weighted by molar-refractivity contribution is -0.567. The van der Waals surface area contributed by atoms with Crippen LogP contribution in [0.3, 0.4) is 0 Å². The van der Waals surface area contributed by atoms with Gasteiger partial charge in [0.1, 0.15) is 0 Å². The van der Waals surface area contributed by atoms with Crippen LogP contribution in [-0.2, 0) is 23.7 Å². The summed E-state index contributed by atoms with van der Waals surface area (Å²) in [6.45, 7) is 0. The van der Waals surface area contributed by atoms with Crippen LogP contribution in [-0.4, -0.2) is 67.8 Å². The van der Waals surface area contributed by atoms with Crippen molar-refractivity contribution >= 4 is 5.97 Å². The van der Waals surface area contributed by atoms with Crippen LogP contribution in [0.5, 0.6) is 0 Å². The van der Waals surface area contributed by atoms with Gasteiger partial charge in [-0.3, -0.25) is 0 Å². The van der Waals surface area contributed by atoms with Gasteiger partial charge >= 0.3 is 60.6 Å². The maximum atomic E-state index is 13.1. The summed E-state index contributed by atoms with van der Waals surface area (Å²) in [7, 11) is -0.0172. The standard InChI is InChI=1S/C11H3F19O5/c1-32-2(31)3(12,13)33-8(23,24)9(25,26)35-11(29,30)10(27,28)34-7(21,22)5(16,17)4(14,15)6(18,19)20/h1H3. The van der Waals surface area contributed by atoms with Gasteiger partial charge in [-0.15, -0.1) is 0 Å². The van der Waals surface area contributed by atoms with Crippen molar-refractivity contribution in [2.45, 2.75) is 54.7 Å². The number of methoxy groups -OCH3 is 1. The van der Waals surface area contributed by atoms with Crippen molar-refractivity contribution in [3.63, 3.8) is 0 Å². The van der Waals surface area contributed by atoms with E-state index < -0.39 is 60.6 Å². The number of halogens is 19. The second kappa shape index (κ2) is 8.85. The molecule has 0 amide bonds. The molecule has 35 heavy (non-hydrogen) atoms. The molecule has 0 bridgehead atoms. The van der Waals surface area contributed by atoms with Crippen LogP contribution in [0.4, 0.5) is 83.4 Å². The van der Waals surface area contributed by atoms with Gasteiger partial charge < -0.3 is 4.74 Å². The lowest BCUT2D eigenvalue weighted by Gasteiger charge is -2.37. The van der Waals surface area contributed by atoms with Crippen molar-refractivity contribution in [1.82, 2.24) is 0 Å². The molecule has 0 aliphatic rings. The Hall–Kier alpha value is -1.98. The Kier molecular flexibility index (Phi) is 8.34. The molecule has 0 aromatic carbocycles. The second-order valence-corrected chi connectivity index (χ2v) is 5.54. The predicted octanol–water partition coefficient (Wildman–Crippen LogP) is 5.60. The number of esters is 1. The molecule has 5 nitrogen and oxygen atoms in total. The maximum Gasteiger partial charge on any atom is 0.460 e. The lowest BCUT2D eigenvalue weighted by atomic mass is 10.1. The van der Waals surface area contributed by atoms with Crippen LogP contribution in [0.1, 0.15) is 0 Å². The fourth-order valence-electron chi connectivity index (χ4n) is 1.31. The number of ether oxygens (including phenoxy) is 4. The van der Waals surface area contributed by atoms with Crippen molar-refractivity contribution in [3.8, 4) is 0 Å². The van der Waals surface area contributed by atoms with Gasteiger partial charge in [0.15, 0.2) is 0 Å². The van der Waals surface area contributed by atoms with Crippen LogP contribution < -0.4 is 0 Å². The highest BCUT2D eigenvalue weighted by atomic mass is 19.4. The van der Waals surface area contributed by atoms with E-state index in [0.717, 1.165) is 4.74 Å². The Labute approximate surface area is 176 Å². The first-order valence-corrected chi connectivity index (χ1v) is 7.13. The van der Waals surface area contributed by atoms with Crippen LogP contribution in [0.15, 0.2) is 0 Å². The molecule has 0 spiro atoms. The fourth-order valence-corrected chi connectivity index (χ4v) is 1.31. The zero-order valence-electron chi connectivity index (χ0n) is 15.2. The SMILES string of the molecule is COC(=O)C(F)(F)OC(F)(F)C(F)(F)OC(F)(F)C(F)(F)OC(F)(F)C(F)(F)C(F)(F)C(F)(F)F. The normalized spacial score (nSPS) is 15.9. The van der Waals surface area contributed by atoms with E-state index in [1.807, 2.05) is 4.74 Å². The quantitative estimate of drug-likeness (QED) is 0.237. The number of carbonyl (C=O) groups is 1. The van der Waals surface area contributed by atoms with E-state index in [-0.39, 0.29) is 7.11 Å². The van der Waals surface area contributed by atoms with Gasteiger partial charge in [0.05, 0.1) is 7.11 Å². The van der Waals surface area contributed by atoms with Gasteiger partial charge in [-0.05, 0) is 0 Å². The van der Waals surface area contributed by atoms with Crippen molar-refractivity contribution in [3.05, 3.63) is 0 Å². The van der Waals surface area contributed by atoms with Crippen LogP contribution in [0, 0.1) is 0 Å². The molecule has 24 heteroatoms. The molecule has 0 heterocycles. The monoisotopic (exact) mass is 576 g/mol. The van der Waals surface area contributed by atoms with E-state index in [2.05, 4.69) is 4.74 Å². The Bertz CT molecular complexity index is 772. The van der Waals surface area contributed by atoms with Crippen molar-refractivity contribution in [2.75, 3.05) is 7.11 Å². The molecule has 0 fully saturated rings. The fraction of sp³-hybridized carbons (Fsp3) is 0.909. The lowest BCUT2D eigenvalue weighted by Crippen LogP contribution is -2.65. The highest BCUT2D eigenvalue weighted by Gasteiger charge is 2.85. The Morgan fingerprint density at radius 2 is 0.743 bits per heavy atom. The van der Waals surface area contributed by atoms with E-state index in [1.165, 1.54) is 4.74 Å². The Balaban J connectivity index is 6.12. The average molecular weight is 576 g/mol. The second-order valence-electron chi connectivity index (χ2n) is 5.54. The zero-order chi connectivity index (χ0) is 28.9. The van der Waals surface area contributed by atoms with Gasteiger partial charge in [0.25, 0.3) is 0 Å². The van der Waals surface area contributed by atoms with E-state index in [0.29, 0.717) is 0 Å². The molecule has 0 aromatic heterocycles. The topological polar surface area (TPSA) is 54.0 Å². The molecule has 0 aliphatic heterocycles. The maximum absolute atomic E-state index is 13.1. The molecule has 0 N–H and O–H groups in total. The highest BCUT2D eigenvalue weighted by molar-refractivity contribution is 5.75. The molecule has 0 atom stereocenters. The van der Waals surface area contributed by atoms with Gasteiger partial charge in [0.2, 0.25) is 0 Å². The van der Waals surface area contributed by atoms with Crippen molar-refractivity contribution < 1.29 is 107 Å². The first-order valence-electron chi connectivity index (χ1n) is 7.13. The molecule has 0 saturated heterocycles. The minimum atomic E-state index is -8.20. The summed E-state index contributed by atoms with van der Waals surface area (Å²) in [4.78, 5) is 10.4. The Morgan fingerprint density at radius 3 is 1.03 bits per heavy atom. The molecular formula is C11H3F19O5. The van der Waals surface area contributed by atoms with Crippen LogP contribution in [0.2, 0.25) is 0 Å². The number of alkyl halides is 19. The minimum Gasteiger partial charge on any atom is -0.463 e. The largest absolute Gasteiger partial charge is 0.463 e. The summed E-state index contributed by atoms with van der Waals surface area (Å²) in [5.41, 5.74) is 0. The number of rotatable bonds is 11. The number of hydrogen-bond donors (Lipinski definition) is 0. The number of hydrogen-bond acceptors (Lipinski definition) is 5. The van der Waals surface area contributed by atoms with Gasteiger partial charge in [-0.25, -0.2) is 19.0 Å². The highest BCUT2D eigenvalue weighted by Crippen LogP contribution is 2.56. The third-order valence-electron chi connectivity index (χ3n) is 2.99. The van der Waals surface area contributed by atoms with E-state index >= 15 is 0 Å². The first kappa shape index (κ1) is 33.0. The number of carbonyl (C=O) groups excluding carboxylic acids is 1. The first-order chi connectivity index (χ1) is 14.9. The van der Waals surface area contributed by atoms with E-state index in [9.17, 15) is 88.2 Å². The third-order valence-corrected chi connectivity index (χ3v) is 2.99. The molecule has 210 valence electrons. The molecule has 0 rings (SSSR count). The summed E-state index contributed by atoms with van der Waals surface area (Å²) in [6.07, 6.45) is -52.5. The summed E-state index contributed by atoms with van der Waals surface area (Å²) < 4.78 is 250. The molecule has 0 aromatic rings. The van der Waals surface area contributed by atoms with Crippen molar-refractivity contribution in [2.24, 2.45) is 0 Å². The summed E-state index contributed by atoms with van der Waals surface area (Å²) in [5.74, 6) is -19.5. The molecule has 0 saturated carbocycles. The van der Waals surface area contributed by atoms with Crippen LogP contribution in [0.25, 0.3) is 0 Å².